The molecule has 2 fully saturated rings. The van der Waals surface area contributed by atoms with Crippen molar-refractivity contribution in [3.05, 3.63) is 0 Å². The van der Waals surface area contributed by atoms with Crippen molar-refractivity contribution in [2.24, 2.45) is 5.92 Å². The topological polar surface area (TPSA) is 23.3 Å². The molecule has 0 spiro atoms. The largest absolute Gasteiger partial charge is 0.375 e. The van der Waals surface area contributed by atoms with Gasteiger partial charge in [-0.1, -0.05) is 19.3 Å². The summed E-state index contributed by atoms with van der Waals surface area (Å²) in [5.41, 5.74) is 0. The lowest BCUT2D eigenvalue weighted by Crippen LogP contribution is -2.39. The van der Waals surface area contributed by atoms with Crippen LogP contribution in [0.2, 0.25) is 0 Å². The van der Waals surface area contributed by atoms with Gasteiger partial charge in [0, 0.05) is 13.1 Å². The maximum Gasteiger partial charge on any atom is 0.0744 e. The Kier molecular flexibility index (Phi) is 3.01. The Morgan fingerprint density at radius 2 is 1.92 bits per heavy atom. The highest BCUT2D eigenvalue weighted by atomic mass is 16.5. The van der Waals surface area contributed by atoms with Crippen molar-refractivity contribution in [1.29, 1.82) is 0 Å². The van der Waals surface area contributed by atoms with Crippen molar-refractivity contribution in [2.45, 2.75) is 38.2 Å². The van der Waals surface area contributed by atoms with Gasteiger partial charge in [0.1, 0.15) is 0 Å². The lowest BCUT2D eigenvalue weighted by Gasteiger charge is -2.32. The van der Waals surface area contributed by atoms with Crippen molar-refractivity contribution in [3.63, 3.8) is 0 Å². The van der Waals surface area contributed by atoms with Gasteiger partial charge in [-0.25, -0.2) is 5.32 Å². The summed E-state index contributed by atoms with van der Waals surface area (Å²) in [6.45, 7) is 2.75. The quantitative estimate of drug-likeness (QED) is 0.583. The van der Waals surface area contributed by atoms with E-state index >= 15 is 0 Å². The normalized spacial score (nSPS) is 33.5. The molecule has 1 aliphatic heterocycles. The smallest absolute Gasteiger partial charge is 0.0744 e. The molecule has 0 aromatic carbocycles. The van der Waals surface area contributed by atoms with E-state index in [1.165, 1.54) is 32.1 Å². The Bertz CT molecular complexity index is 110. The van der Waals surface area contributed by atoms with Gasteiger partial charge >= 0.3 is 0 Å². The molecule has 1 radical (unpaired) electrons. The summed E-state index contributed by atoms with van der Waals surface area (Å²) in [4.78, 5) is 0. The van der Waals surface area contributed by atoms with Crippen molar-refractivity contribution in [3.8, 4) is 0 Å². The van der Waals surface area contributed by atoms with Gasteiger partial charge in [-0.2, -0.15) is 0 Å². The summed E-state index contributed by atoms with van der Waals surface area (Å²) in [5, 5.41) is 4.41. The summed E-state index contributed by atoms with van der Waals surface area (Å²) in [5.74, 6) is 0.822. The molecule has 0 N–H and O–H groups in total. The van der Waals surface area contributed by atoms with E-state index in [1.807, 2.05) is 0 Å². The van der Waals surface area contributed by atoms with Crippen LogP contribution in [0.4, 0.5) is 0 Å². The molecule has 1 aliphatic carbocycles. The predicted octanol–water partition coefficient (Wildman–Crippen LogP) is 1.57. The monoisotopic (exact) mass is 168 g/mol. The van der Waals surface area contributed by atoms with Crippen molar-refractivity contribution >= 4 is 0 Å². The second-order valence-corrected chi connectivity index (χ2v) is 3.94. The van der Waals surface area contributed by atoms with Crippen LogP contribution in [0, 0.1) is 5.92 Å². The first kappa shape index (κ1) is 8.52. The molecule has 12 heavy (non-hydrogen) atoms. The lowest BCUT2D eigenvalue weighted by molar-refractivity contribution is -0.0203. The first-order valence-electron chi connectivity index (χ1n) is 5.21. The molecule has 2 nitrogen and oxygen atoms in total. The van der Waals surface area contributed by atoms with Gasteiger partial charge in [-0.15, -0.1) is 0 Å². The fourth-order valence-electron chi connectivity index (χ4n) is 2.33. The minimum Gasteiger partial charge on any atom is -0.375 e. The SMILES string of the molecule is C1CCC(C2C[N]CCO2)CC1. The highest BCUT2D eigenvalue weighted by Gasteiger charge is 2.25. The molecule has 1 saturated carbocycles. The number of hydrogen-bond acceptors (Lipinski definition) is 1. The average molecular weight is 168 g/mol. The third-order valence-corrected chi connectivity index (χ3v) is 3.07. The molecule has 2 aliphatic rings. The molecule has 0 aromatic rings. The van der Waals surface area contributed by atoms with E-state index in [0.717, 1.165) is 25.6 Å². The van der Waals surface area contributed by atoms with Crippen LogP contribution in [0.25, 0.3) is 0 Å². The van der Waals surface area contributed by atoms with E-state index in [0.29, 0.717) is 6.10 Å². The molecule has 0 aromatic heterocycles. The van der Waals surface area contributed by atoms with Crippen molar-refractivity contribution < 1.29 is 4.74 Å². The fourth-order valence-corrected chi connectivity index (χ4v) is 2.33. The van der Waals surface area contributed by atoms with Crippen LogP contribution in [0.1, 0.15) is 32.1 Å². The van der Waals surface area contributed by atoms with Crippen LogP contribution in [0.5, 0.6) is 0 Å². The van der Waals surface area contributed by atoms with E-state index in [-0.39, 0.29) is 0 Å². The molecule has 1 atom stereocenters. The van der Waals surface area contributed by atoms with E-state index in [2.05, 4.69) is 5.32 Å². The Morgan fingerprint density at radius 3 is 2.58 bits per heavy atom. The predicted molar refractivity (Wildman–Crippen MR) is 48.2 cm³/mol. The number of rotatable bonds is 1. The molecule has 2 heteroatoms. The van der Waals surface area contributed by atoms with Gasteiger partial charge in [0.25, 0.3) is 0 Å². The summed E-state index contributed by atoms with van der Waals surface area (Å²) in [7, 11) is 0. The van der Waals surface area contributed by atoms with E-state index in [1.54, 1.807) is 0 Å². The summed E-state index contributed by atoms with van der Waals surface area (Å²) >= 11 is 0. The first-order chi connectivity index (χ1) is 5.97. The molecule has 0 bridgehead atoms. The van der Waals surface area contributed by atoms with Gasteiger partial charge in [-0.3, -0.25) is 0 Å². The Hall–Kier alpha value is -0.0800. The maximum absolute atomic E-state index is 5.72. The zero-order chi connectivity index (χ0) is 8.23. The molecule has 2 rings (SSSR count). The second-order valence-electron chi connectivity index (χ2n) is 3.94. The van der Waals surface area contributed by atoms with Crippen LogP contribution < -0.4 is 5.32 Å². The Morgan fingerprint density at radius 1 is 1.08 bits per heavy atom. The zero-order valence-corrected chi connectivity index (χ0v) is 7.67. The Balaban J connectivity index is 1.80. The second kappa shape index (κ2) is 4.24. The van der Waals surface area contributed by atoms with Crippen LogP contribution in [-0.2, 0) is 4.74 Å². The molecule has 69 valence electrons. The van der Waals surface area contributed by atoms with Crippen molar-refractivity contribution in [1.82, 2.24) is 5.32 Å². The number of hydrogen-bond donors (Lipinski definition) is 0. The van der Waals surface area contributed by atoms with Gasteiger partial charge in [0.2, 0.25) is 0 Å². The first-order valence-corrected chi connectivity index (χ1v) is 5.21. The third-order valence-electron chi connectivity index (χ3n) is 3.07. The van der Waals surface area contributed by atoms with E-state index in [9.17, 15) is 0 Å². The maximum atomic E-state index is 5.72. The van der Waals surface area contributed by atoms with Crippen LogP contribution >= 0.6 is 0 Å². The average Bonchev–Trinajstić information content (AvgIpc) is 2.21. The van der Waals surface area contributed by atoms with Gasteiger partial charge in [0.15, 0.2) is 0 Å². The molecular weight excluding hydrogens is 150 g/mol. The highest BCUT2D eigenvalue weighted by Crippen LogP contribution is 2.28. The highest BCUT2D eigenvalue weighted by molar-refractivity contribution is 4.78. The van der Waals surface area contributed by atoms with Crippen LogP contribution in [0.15, 0.2) is 0 Å². The molecule has 1 heterocycles. The van der Waals surface area contributed by atoms with Gasteiger partial charge in [-0.05, 0) is 18.8 Å². The molecular formula is C10H18NO. The van der Waals surface area contributed by atoms with E-state index < -0.39 is 0 Å². The van der Waals surface area contributed by atoms with Crippen LogP contribution in [-0.4, -0.2) is 25.8 Å². The Labute approximate surface area is 74.7 Å². The number of ether oxygens (including phenoxy) is 1. The molecule has 1 saturated heterocycles. The number of nitrogens with zero attached hydrogens (tertiary/aromatic N) is 1. The van der Waals surface area contributed by atoms with Gasteiger partial charge < -0.3 is 4.74 Å². The number of morpholine rings is 1. The fraction of sp³-hybridized carbons (Fsp3) is 1.00. The summed E-state index contributed by atoms with van der Waals surface area (Å²) in [6.07, 6.45) is 7.47. The van der Waals surface area contributed by atoms with E-state index in [4.69, 9.17) is 4.74 Å². The summed E-state index contributed by atoms with van der Waals surface area (Å²) < 4.78 is 5.72. The van der Waals surface area contributed by atoms with Gasteiger partial charge in [0.05, 0.1) is 12.7 Å². The van der Waals surface area contributed by atoms with Crippen molar-refractivity contribution in [2.75, 3.05) is 19.7 Å². The third kappa shape index (κ3) is 1.99. The standard InChI is InChI=1S/C10H18NO/c1-2-4-9(5-3-1)10-8-11-6-7-12-10/h9-10H,1-8H2. The molecule has 1 unspecified atom stereocenters. The minimum atomic E-state index is 0.471. The molecule has 0 amide bonds. The lowest BCUT2D eigenvalue weighted by atomic mass is 9.85. The summed E-state index contributed by atoms with van der Waals surface area (Å²) in [6, 6.07) is 0. The van der Waals surface area contributed by atoms with Crippen LogP contribution in [0.3, 0.4) is 0 Å². The minimum absolute atomic E-state index is 0.471. The zero-order valence-electron chi connectivity index (χ0n) is 7.67.